The minimum absolute atomic E-state index is 0.0375. The van der Waals surface area contributed by atoms with Gasteiger partial charge in [-0.2, -0.15) is 14.5 Å². The molecule has 2 atom stereocenters. The Hall–Kier alpha value is -3.80. The van der Waals surface area contributed by atoms with Gasteiger partial charge in [0.15, 0.2) is 10.1 Å². The van der Waals surface area contributed by atoms with Crippen molar-refractivity contribution in [2.24, 2.45) is 5.14 Å². The molecule has 2 N–H and O–H groups in total. The van der Waals surface area contributed by atoms with E-state index in [0.29, 0.717) is 13.1 Å². The van der Waals surface area contributed by atoms with Crippen molar-refractivity contribution in [2.45, 2.75) is 62.2 Å². The number of nitrogens with two attached hydrogens (primary N) is 1. The van der Waals surface area contributed by atoms with Gasteiger partial charge in [-0.3, -0.25) is 9.36 Å². The molecule has 0 saturated carbocycles. The molecule has 0 aliphatic rings. The van der Waals surface area contributed by atoms with E-state index in [9.17, 15) is 16.8 Å². The zero-order valence-corrected chi connectivity index (χ0v) is 30.5. The summed E-state index contributed by atoms with van der Waals surface area (Å²) in [7, 11) is 3.55. The summed E-state index contributed by atoms with van der Waals surface area (Å²) in [5.74, 6) is 1.44. The number of hydrogen-bond acceptors (Lipinski definition) is 10. The predicted octanol–water partition coefficient (Wildman–Crippen LogP) is 2.72. The van der Waals surface area contributed by atoms with Gasteiger partial charge in [0.25, 0.3) is 20.0 Å². The van der Waals surface area contributed by atoms with E-state index in [-0.39, 0.29) is 35.2 Å². The molecule has 0 fully saturated rings. The van der Waals surface area contributed by atoms with Crippen LogP contribution in [0.25, 0.3) is 0 Å². The molecule has 0 saturated heterocycles. The van der Waals surface area contributed by atoms with E-state index in [1.54, 1.807) is 42.0 Å². The summed E-state index contributed by atoms with van der Waals surface area (Å²) < 4.78 is 64.3. The number of aromatic nitrogens is 4. The lowest BCUT2D eigenvalue weighted by molar-refractivity contribution is 0.274. The van der Waals surface area contributed by atoms with Gasteiger partial charge in [0, 0.05) is 37.6 Å². The third-order valence-corrected chi connectivity index (χ3v) is 10.3. The highest BCUT2D eigenvalue weighted by molar-refractivity contribution is 7.89. The summed E-state index contributed by atoms with van der Waals surface area (Å²) in [4.78, 5) is 4.09. The maximum absolute atomic E-state index is 13.6. The third-order valence-electron chi connectivity index (χ3n) is 7.83. The van der Waals surface area contributed by atoms with Crippen LogP contribution in [0.1, 0.15) is 25.0 Å². The van der Waals surface area contributed by atoms with Crippen LogP contribution in [0.5, 0.6) is 11.5 Å². The van der Waals surface area contributed by atoms with E-state index in [0.717, 1.165) is 22.6 Å². The second-order valence-electron chi connectivity index (χ2n) is 11.9. The van der Waals surface area contributed by atoms with Crippen LogP contribution in [-0.4, -0.2) is 105 Å². The molecular weight excluding hydrogens is 657 g/mol. The highest BCUT2D eigenvalue weighted by atomic mass is 32.2. The van der Waals surface area contributed by atoms with Gasteiger partial charge in [0.1, 0.15) is 11.5 Å². The highest BCUT2D eigenvalue weighted by Gasteiger charge is 2.28. The Morgan fingerprint density at radius 2 is 1.04 bits per heavy atom. The molecule has 264 valence electrons. The fourth-order valence-electron chi connectivity index (χ4n) is 4.27. The summed E-state index contributed by atoms with van der Waals surface area (Å²) in [6.07, 6.45) is 3.32. The van der Waals surface area contributed by atoms with Crippen molar-refractivity contribution in [3.05, 3.63) is 84.2 Å². The molecule has 4 rings (SSSR count). The highest BCUT2D eigenvalue weighted by Crippen LogP contribution is 2.23. The number of primary sulfonamides is 1. The van der Waals surface area contributed by atoms with E-state index in [1.807, 2.05) is 88.5 Å². The summed E-state index contributed by atoms with van der Waals surface area (Å²) in [6.45, 7) is 5.73. The Morgan fingerprint density at radius 3 is 1.38 bits per heavy atom. The van der Waals surface area contributed by atoms with Gasteiger partial charge in [0.2, 0.25) is 0 Å². The monoisotopic (exact) mass is 704 g/mol. The fourth-order valence-corrected chi connectivity index (χ4v) is 6.09. The van der Waals surface area contributed by atoms with Gasteiger partial charge in [-0.25, -0.2) is 22.0 Å². The van der Waals surface area contributed by atoms with Crippen LogP contribution in [0.4, 0.5) is 0 Å². The van der Waals surface area contributed by atoms with Crippen LogP contribution in [0.15, 0.2) is 83.1 Å². The first-order valence-corrected chi connectivity index (χ1v) is 18.2. The quantitative estimate of drug-likeness (QED) is 0.195. The molecule has 0 aliphatic carbocycles. The van der Waals surface area contributed by atoms with Crippen LogP contribution in [-0.2, 0) is 46.2 Å². The molecule has 4 aromatic rings. The first-order valence-electron chi connectivity index (χ1n) is 15.2. The lowest BCUT2D eigenvalue weighted by Crippen LogP contribution is -2.31. The number of hydrogen-bond donors (Lipinski definition) is 1. The molecule has 0 spiro atoms. The van der Waals surface area contributed by atoms with Crippen molar-refractivity contribution < 1.29 is 26.3 Å². The largest absolute Gasteiger partial charge is 0.497 e. The predicted molar refractivity (Wildman–Crippen MR) is 185 cm³/mol. The first kappa shape index (κ1) is 38.6. The van der Waals surface area contributed by atoms with Crippen molar-refractivity contribution in [3.8, 4) is 11.5 Å². The Kier molecular flexibility index (Phi) is 13.7. The Morgan fingerprint density at radius 1 is 0.667 bits per heavy atom. The molecule has 2 heterocycles. The topological polar surface area (TPSA) is 158 Å². The normalized spacial score (nSPS) is 13.3. The summed E-state index contributed by atoms with van der Waals surface area (Å²) in [5, 5.41) is 13.2. The number of likely N-dealkylation sites (N-methyl/N-ethyl adjacent to an activating group) is 2. The van der Waals surface area contributed by atoms with Crippen LogP contribution < -0.4 is 14.6 Å². The van der Waals surface area contributed by atoms with Gasteiger partial charge in [-0.1, -0.05) is 24.3 Å². The van der Waals surface area contributed by atoms with E-state index >= 15 is 0 Å². The van der Waals surface area contributed by atoms with Crippen LogP contribution in [0.3, 0.4) is 0 Å². The molecule has 16 heteroatoms. The average Bonchev–Trinajstić information content (AvgIpc) is 3.72. The average molecular weight is 705 g/mol. The Labute approximate surface area is 284 Å². The summed E-state index contributed by atoms with van der Waals surface area (Å²) in [5.41, 5.74) is 1.71. The lowest BCUT2D eigenvalue weighted by atomic mass is 10.2. The number of benzene rings is 2. The SMILES string of the molecule is COc1ccc(CN(Cc2ccc(OC)cc2)S(=O)(=O)c2ccn(C[C@H](C)N(C)C)n2)cc1.C[C@@H](Cn1ccc(S(N)(=O)=O)n1)N(C)C. The third kappa shape index (κ3) is 11.1. The standard InChI is InChI=1S/C24H32N4O4S.C8H16N4O2S/c1-19(26(2)3)16-27-15-14-24(25-27)33(29,30)28(17-20-6-10-22(31-4)11-7-20)18-21-8-12-23(32-5)13-9-21;1-7(11(2)3)6-12-5-4-8(10-12)15(9,13)14/h6-15,19H,16-18H2,1-5H3;4-5,7H,6H2,1-3H3,(H2,9,13,14)/t19-;7-/m00/s1. The second-order valence-corrected chi connectivity index (χ2v) is 15.3. The van der Waals surface area contributed by atoms with Gasteiger partial charge in [0.05, 0.1) is 27.3 Å². The molecule has 0 bridgehead atoms. The van der Waals surface area contributed by atoms with Gasteiger partial charge in [-0.15, -0.1) is 0 Å². The number of methoxy groups -OCH3 is 2. The second kappa shape index (κ2) is 17.0. The van der Waals surface area contributed by atoms with Gasteiger partial charge < -0.3 is 19.3 Å². The van der Waals surface area contributed by atoms with Gasteiger partial charge >= 0.3 is 0 Å². The molecule has 0 aliphatic heterocycles. The van der Waals surface area contributed by atoms with Crippen molar-refractivity contribution in [3.63, 3.8) is 0 Å². The number of rotatable bonds is 15. The van der Waals surface area contributed by atoms with E-state index < -0.39 is 20.0 Å². The van der Waals surface area contributed by atoms with Crippen LogP contribution in [0.2, 0.25) is 0 Å². The zero-order chi connectivity index (χ0) is 35.6. The zero-order valence-electron chi connectivity index (χ0n) is 28.9. The minimum atomic E-state index is -3.84. The Balaban J connectivity index is 0.000000348. The van der Waals surface area contributed by atoms with Crippen molar-refractivity contribution in [2.75, 3.05) is 42.4 Å². The van der Waals surface area contributed by atoms with Crippen molar-refractivity contribution in [1.29, 1.82) is 0 Å². The van der Waals surface area contributed by atoms with Crippen molar-refractivity contribution in [1.82, 2.24) is 33.7 Å². The summed E-state index contributed by atoms with van der Waals surface area (Å²) in [6, 6.07) is 18.2. The molecule has 14 nitrogen and oxygen atoms in total. The van der Waals surface area contributed by atoms with Gasteiger partial charge in [-0.05, 0) is 89.6 Å². The van der Waals surface area contributed by atoms with Crippen LogP contribution >= 0.6 is 0 Å². The molecule has 0 unspecified atom stereocenters. The lowest BCUT2D eigenvalue weighted by Gasteiger charge is -2.22. The number of sulfonamides is 2. The maximum Gasteiger partial charge on any atom is 0.262 e. The minimum Gasteiger partial charge on any atom is -0.497 e. The molecule has 2 aromatic heterocycles. The first-order chi connectivity index (χ1) is 22.5. The van der Waals surface area contributed by atoms with Crippen LogP contribution in [0, 0.1) is 0 Å². The van der Waals surface area contributed by atoms with E-state index in [1.165, 1.54) is 10.4 Å². The molecule has 0 amide bonds. The molecule has 2 aromatic carbocycles. The number of ether oxygens (including phenoxy) is 2. The van der Waals surface area contributed by atoms with E-state index in [4.69, 9.17) is 14.6 Å². The van der Waals surface area contributed by atoms with Crippen molar-refractivity contribution >= 4 is 20.0 Å². The van der Waals surface area contributed by atoms with E-state index in [2.05, 4.69) is 22.0 Å². The fraction of sp³-hybridized carbons (Fsp3) is 0.438. The smallest absolute Gasteiger partial charge is 0.262 e. The molecular formula is C32H48N8O6S2. The molecule has 48 heavy (non-hydrogen) atoms. The maximum atomic E-state index is 13.6. The molecule has 0 radical (unpaired) electrons. The number of nitrogens with zero attached hydrogens (tertiary/aromatic N) is 7. The Bertz CT molecular complexity index is 1740. The summed E-state index contributed by atoms with van der Waals surface area (Å²) >= 11 is 0.